The maximum Gasteiger partial charge on any atom is 0.344 e. The first kappa shape index (κ1) is 14.0. The Balaban J connectivity index is 3.02. The van der Waals surface area contributed by atoms with Crippen LogP contribution in [0, 0.1) is 0 Å². The molecule has 94 valence electrons. The largest absolute Gasteiger partial charge is 0.479 e. The summed E-state index contributed by atoms with van der Waals surface area (Å²) in [6, 6.07) is 5.14. The molecule has 0 fully saturated rings. The second-order valence-electron chi connectivity index (χ2n) is 3.71. The molecule has 1 aromatic rings. The zero-order chi connectivity index (χ0) is 13.0. The molecule has 0 heterocycles. The van der Waals surface area contributed by atoms with Gasteiger partial charge in [-0.25, -0.2) is 4.79 Å². The predicted molar refractivity (Wildman–Crippen MR) is 67.1 cm³/mol. The van der Waals surface area contributed by atoms with E-state index >= 15 is 0 Å². The number of ether oxygens (including phenoxy) is 1. The highest BCUT2D eigenvalue weighted by Crippen LogP contribution is 2.29. The van der Waals surface area contributed by atoms with Crippen molar-refractivity contribution in [2.45, 2.75) is 32.5 Å². The Bertz CT molecular complexity index is 403. The number of halogens is 1. The van der Waals surface area contributed by atoms with Crippen molar-refractivity contribution in [1.82, 2.24) is 0 Å². The van der Waals surface area contributed by atoms with Crippen LogP contribution in [0.4, 0.5) is 0 Å². The van der Waals surface area contributed by atoms with E-state index in [0.717, 1.165) is 4.47 Å². The highest BCUT2D eigenvalue weighted by Gasteiger charge is 2.19. The van der Waals surface area contributed by atoms with Crippen molar-refractivity contribution in [2.75, 3.05) is 0 Å². The van der Waals surface area contributed by atoms with Gasteiger partial charge in [-0.1, -0.05) is 28.9 Å². The summed E-state index contributed by atoms with van der Waals surface area (Å²) < 4.78 is 6.18. The molecular weight excluding hydrogens is 288 g/mol. The number of aliphatic hydroxyl groups is 1. The summed E-state index contributed by atoms with van der Waals surface area (Å²) in [4.78, 5) is 10.9. The smallest absolute Gasteiger partial charge is 0.344 e. The summed E-state index contributed by atoms with van der Waals surface area (Å²) >= 11 is 3.29. The molecule has 0 bridgehead atoms. The second-order valence-corrected chi connectivity index (χ2v) is 4.63. The number of carboxylic acid groups (broad SMARTS) is 1. The van der Waals surface area contributed by atoms with Crippen LogP contribution in [-0.4, -0.2) is 22.3 Å². The van der Waals surface area contributed by atoms with Crippen LogP contribution < -0.4 is 4.74 Å². The summed E-state index contributed by atoms with van der Waals surface area (Å²) in [7, 11) is 0. The lowest BCUT2D eigenvalue weighted by Gasteiger charge is -2.18. The topological polar surface area (TPSA) is 66.8 Å². The van der Waals surface area contributed by atoms with Crippen LogP contribution in [0.2, 0.25) is 0 Å². The maximum absolute atomic E-state index is 10.9. The molecule has 0 amide bonds. The van der Waals surface area contributed by atoms with Crippen LogP contribution in [0.15, 0.2) is 22.7 Å². The lowest BCUT2D eigenvalue weighted by Crippen LogP contribution is -2.26. The highest BCUT2D eigenvalue weighted by atomic mass is 79.9. The van der Waals surface area contributed by atoms with Gasteiger partial charge in [-0.05, 0) is 25.5 Å². The first-order valence-corrected chi connectivity index (χ1v) is 6.12. The molecule has 4 nitrogen and oxygen atoms in total. The van der Waals surface area contributed by atoms with E-state index in [0.29, 0.717) is 17.7 Å². The van der Waals surface area contributed by atoms with Crippen LogP contribution in [0.5, 0.6) is 5.75 Å². The minimum atomic E-state index is -1.01. The van der Waals surface area contributed by atoms with E-state index in [4.69, 9.17) is 9.84 Å². The molecule has 0 spiro atoms. The fourth-order valence-corrected chi connectivity index (χ4v) is 1.76. The average Bonchev–Trinajstić information content (AvgIpc) is 2.25. The Kier molecular flexibility index (Phi) is 4.96. The molecular formula is C12H15BrO4. The summed E-state index contributed by atoms with van der Waals surface area (Å²) in [6.07, 6.45) is -1.24. The molecule has 1 aromatic carbocycles. The molecule has 2 N–H and O–H groups in total. The third kappa shape index (κ3) is 3.71. The Morgan fingerprint density at radius 2 is 2.18 bits per heavy atom. The molecule has 0 aliphatic carbocycles. The lowest BCUT2D eigenvalue weighted by atomic mass is 10.1. The van der Waals surface area contributed by atoms with Crippen molar-refractivity contribution < 1.29 is 19.7 Å². The SMILES string of the molecule is CCC(Oc1cc(Br)ccc1C(C)O)C(=O)O. The molecule has 0 aromatic heterocycles. The number of benzene rings is 1. The predicted octanol–water partition coefficient (Wildman–Crippen LogP) is 2.74. The van der Waals surface area contributed by atoms with Gasteiger partial charge in [0.05, 0.1) is 6.10 Å². The van der Waals surface area contributed by atoms with Gasteiger partial charge in [0, 0.05) is 10.0 Å². The van der Waals surface area contributed by atoms with E-state index in [1.165, 1.54) is 0 Å². The number of hydrogen-bond donors (Lipinski definition) is 2. The normalized spacial score (nSPS) is 14.1. The van der Waals surface area contributed by atoms with Crippen LogP contribution >= 0.6 is 15.9 Å². The zero-order valence-electron chi connectivity index (χ0n) is 9.68. The third-order valence-corrected chi connectivity index (χ3v) is 2.83. The zero-order valence-corrected chi connectivity index (χ0v) is 11.3. The van der Waals surface area contributed by atoms with Crippen molar-refractivity contribution in [3.63, 3.8) is 0 Å². The molecule has 17 heavy (non-hydrogen) atoms. The van der Waals surface area contributed by atoms with E-state index in [1.54, 1.807) is 32.0 Å². The number of hydrogen-bond acceptors (Lipinski definition) is 3. The van der Waals surface area contributed by atoms with Gasteiger partial charge >= 0.3 is 5.97 Å². The number of carboxylic acids is 1. The standard InChI is InChI=1S/C12H15BrO4/c1-3-10(12(15)16)17-11-6-8(13)4-5-9(11)7(2)14/h4-7,10,14H,3H2,1-2H3,(H,15,16). The van der Waals surface area contributed by atoms with Crippen molar-refractivity contribution in [3.8, 4) is 5.75 Å². The number of aliphatic hydroxyl groups excluding tert-OH is 1. The van der Waals surface area contributed by atoms with Gasteiger partial charge in [-0.3, -0.25) is 0 Å². The number of carbonyl (C=O) groups is 1. The van der Waals surface area contributed by atoms with Gasteiger partial charge in [0.15, 0.2) is 6.10 Å². The van der Waals surface area contributed by atoms with Crippen molar-refractivity contribution in [2.24, 2.45) is 0 Å². The molecule has 0 radical (unpaired) electrons. The molecule has 0 aliphatic rings. The van der Waals surface area contributed by atoms with Gasteiger partial charge in [-0.15, -0.1) is 0 Å². The number of aliphatic carboxylic acids is 1. The van der Waals surface area contributed by atoms with E-state index in [-0.39, 0.29) is 0 Å². The molecule has 1 rings (SSSR count). The van der Waals surface area contributed by atoms with Gasteiger partial charge in [0.25, 0.3) is 0 Å². The van der Waals surface area contributed by atoms with E-state index in [1.807, 2.05) is 0 Å². The molecule has 2 unspecified atom stereocenters. The fraction of sp³-hybridized carbons (Fsp3) is 0.417. The Morgan fingerprint density at radius 3 is 2.65 bits per heavy atom. The summed E-state index contributed by atoms with van der Waals surface area (Å²) in [5.41, 5.74) is 0.577. The first-order chi connectivity index (χ1) is 7.95. The Morgan fingerprint density at radius 1 is 1.53 bits per heavy atom. The number of rotatable bonds is 5. The van der Waals surface area contributed by atoms with Crippen LogP contribution in [0.1, 0.15) is 31.9 Å². The van der Waals surface area contributed by atoms with Gasteiger partial charge in [0.2, 0.25) is 0 Å². The Labute approximate surface area is 108 Å². The molecule has 5 heteroatoms. The molecule has 2 atom stereocenters. The van der Waals surface area contributed by atoms with Crippen LogP contribution in [0.25, 0.3) is 0 Å². The second kappa shape index (κ2) is 6.02. The van der Waals surface area contributed by atoms with E-state index in [9.17, 15) is 9.90 Å². The molecule has 0 saturated carbocycles. The first-order valence-electron chi connectivity index (χ1n) is 5.32. The van der Waals surface area contributed by atoms with Crippen molar-refractivity contribution in [3.05, 3.63) is 28.2 Å². The van der Waals surface area contributed by atoms with E-state index < -0.39 is 18.2 Å². The van der Waals surface area contributed by atoms with Gasteiger partial charge in [-0.2, -0.15) is 0 Å². The summed E-state index contributed by atoms with van der Waals surface area (Å²) in [5, 5.41) is 18.5. The monoisotopic (exact) mass is 302 g/mol. The van der Waals surface area contributed by atoms with Gasteiger partial charge in [0.1, 0.15) is 5.75 Å². The highest BCUT2D eigenvalue weighted by molar-refractivity contribution is 9.10. The van der Waals surface area contributed by atoms with Gasteiger partial charge < -0.3 is 14.9 Å². The summed E-state index contributed by atoms with van der Waals surface area (Å²) in [6.45, 7) is 3.34. The third-order valence-electron chi connectivity index (χ3n) is 2.34. The minimum absolute atomic E-state index is 0.362. The molecule has 0 saturated heterocycles. The van der Waals surface area contributed by atoms with Crippen molar-refractivity contribution in [1.29, 1.82) is 0 Å². The summed E-state index contributed by atoms with van der Waals surface area (Å²) in [5.74, 6) is -0.618. The van der Waals surface area contributed by atoms with Crippen molar-refractivity contribution >= 4 is 21.9 Å². The van der Waals surface area contributed by atoms with Crippen LogP contribution in [-0.2, 0) is 4.79 Å². The quantitative estimate of drug-likeness (QED) is 0.877. The Hall–Kier alpha value is -1.07. The van der Waals surface area contributed by atoms with Crippen LogP contribution in [0.3, 0.4) is 0 Å². The lowest BCUT2D eigenvalue weighted by molar-refractivity contribution is -0.145. The molecule has 0 aliphatic heterocycles. The fourth-order valence-electron chi connectivity index (χ4n) is 1.42. The minimum Gasteiger partial charge on any atom is -0.479 e. The maximum atomic E-state index is 10.9. The van der Waals surface area contributed by atoms with E-state index in [2.05, 4.69) is 15.9 Å². The average molecular weight is 303 g/mol.